The number of nitrogens with zero attached hydrogens (tertiary/aromatic N) is 1. The molecule has 0 bridgehead atoms. The number of hydrogen-bond donors (Lipinski definition) is 1. The zero-order valence-corrected chi connectivity index (χ0v) is 11.9. The molecule has 1 heterocycles. The number of ether oxygens (including phenoxy) is 1. The van der Waals surface area contributed by atoms with Gasteiger partial charge in [0.2, 0.25) is 0 Å². The van der Waals surface area contributed by atoms with Crippen molar-refractivity contribution in [3.05, 3.63) is 0 Å². The first-order valence-electron chi connectivity index (χ1n) is 6.66. The number of aliphatic imine (C=N–C) groups is 1. The topological polar surface area (TPSA) is 33.6 Å². The van der Waals surface area contributed by atoms with E-state index in [1.54, 1.807) is 7.11 Å². The highest BCUT2D eigenvalue weighted by Gasteiger charge is 2.31. The third-order valence-corrected chi connectivity index (χ3v) is 4.89. The molecule has 2 aliphatic rings. The lowest BCUT2D eigenvalue weighted by Gasteiger charge is -2.28. The smallest absolute Gasteiger partial charge is 0.157 e. The molecule has 0 aromatic rings. The van der Waals surface area contributed by atoms with Gasteiger partial charge in [0, 0.05) is 12.9 Å². The molecule has 98 valence electrons. The predicted molar refractivity (Wildman–Crippen MR) is 74.7 cm³/mol. The Morgan fingerprint density at radius 1 is 1.47 bits per heavy atom. The Morgan fingerprint density at radius 3 is 3.00 bits per heavy atom. The van der Waals surface area contributed by atoms with Gasteiger partial charge in [0.05, 0.1) is 18.7 Å². The molecule has 0 aromatic carbocycles. The van der Waals surface area contributed by atoms with Crippen LogP contribution in [0.3, 0.4) is 0 Å². The van der Waals surface area contributed by atoms with Crippen molar-refractivity contribution in [2.75, 3.05) is 19.5 Å². The Morgan fingerprint density at radius 2 is 2.29 bits per heavy atom. The van der Waals surface area contributed by atoms with E-state index in [2.05, 4.69) is 19.2 Å². The summed E-state index contributed by atoms with van der Waals surface area (Å²) < 4.78 is 5.27. The van der Waals surface area contributed by atoms with Gasteiger partial charge in [-0.3, -0.25) is 4.99 Å². The fourth-order valence-electron chi connectivity index (χ4n) is 2.57. The minimum absolute atomic E-state index is 0.379. The van der Waals surface area contributed by atoms with Gasteiger partial charge in [-0.15, -0.1) is 0 Å². The Hall–Kier alpha value is -0.220. The number of nitrogens with one attached hydrogen (secondary N) is 1. The molecule has 17 heavy (non-hydrogen) atoms. The van der Waals surface area contributed by atoms with Crippen molar-refractivity contribution in [1.82, 2.24) is 5.32 Å². The van der Waals surface area contributed by atoms with Gasteiger partial charge in [-0.25, -0.2) is 0 Å². The molecular formula is C13H24N2OS. The maximum Gasteiger partial charge on any atom is 0.157 e. The summed E-state index contributed by atoms with van der Waals surface area (Å²) in [5, 5.41) is 4.70. The molecule has 3 nitrogen and oxygen atoms in total. The lowest BCUT2D eigenvalue weighted by molar-refractivity contribution is 0.156. The highest BCUT2D eigenvalue weighted by Crippen LogP contribution is 2.35. The predicted octanol–water partition coefficient (Wildman–Crippen LogP) is 2.52. The second kappa shape index (κ2) is 6.10. The summed E-state index contributed by atoms with van der Waals surface area (Å²) in [7, 11) is 1.76. The molecule has 3 unspecified atom stereocenters. The number of rotatable bonds is 4. The average Bonchev–Trinajstić information content (AvgIpc) is 2.75. The fourth-order valence-corrected chi connectivity index (χ4v) is 3.78. The second-order valence-corrected chi connectivity index (χ2v) is 6.46. The van der Waals surface area contributed by atoms with Crippen LogP contribution in [0.2, 0.25) is 0 Å². The first-order chi connectivity index (χ1) is 8.20. The first-order valence-corrected chi connectivity index (χ1v) is 7.65. The number of amidine groups is 1. The summed E-state index contributed by atoms with van der Waals surface area (Å²) in [5.74, 6) is 2.65. The summed E-state index contributed by atoms with van der Waals surface area (Å²) in [6.45, 7) is 5.21. The normalized spacial score (nSPS) is 30.0. The maximum atomic E-state index is 5.27. The molecule has 3 atom stereocenters. The third-order valence-electron chi connectivity index (χ3n) is 3.80. The van der Waals surface area contributed by atoms with Crippen molar-refractivity contribution in [3.63, 3.8) is 0 Å². The van der Waals surface area contributed by atoms with E-state index < -0.39 is 0 Å². The van der Waals surface area contributed by atoms with E-state index in [9.17, 15) is 0 Å². The summed E-state index contributed by atoms with van der Waals surface area (Å²) in [4.78, 5) is 4.86. The van der Waals surface area contributed by atoms with Crippen molar-refractivity contribution in [2.45, 2.75) is 45.2 Å². The summed E-state index contributed by atoms with van der Waals surface area (Å²) >= 11 is 1.89. The van der Waals surface area contributed by atoms with E-state index in [4.69, 9.17) is 9.73 Å². The third kappa shape index (κ3) is 3.38. The monoisotopic (exact) mass is 256 g/mol. The molecule has 1 saturated carbocycles. The Kier molecular flexibility index (Phi) is 4.74. The largest absolute Gasteiger partial charge is 0.383 e. The quantitative estimate of drug-likeness (QED) is 0.839. The molecule has 1 aliphatic heterocycles. The van der Waals surface area contributed by atoms with Crippen LogP contribution in [0.4, 0.5) is 0 Å². The summed E-state index contributed by atoms with van der Waals surface area (Å²) in [6, 6.07) is 0.971. The molecule has 0 radical (unpaired) electrons. The molecule has 1 fully saturated rings. The highest BCUT2D eigenvalue weighted by molar-refractivity contribution is 8.13. The SMILES string of the molecule is COCC(NC1=NC2CCCC2CS1)C(C)C. The van der Waals surface area contributed by atoms with Crippen LogP contribution in [-0.2, 0) is 4.74 Å². The van der Waals surface area contributed by atoms with E-state index in [1.165, 1.54) is 25.0 Å². The molecule has 1 N–H and O–H groups in total. The molecule has 0 spiro atoms. The Bertz CT molecular complexity index is 281. The molecular weight excluding hydrogens is 232 g/mol. The molecule has 4 heteroatoms. The number of fused-ring (bicyclic) bond motifs is 1. The van der Waals surface area contributed by atoms with E-state index in [1.807, 2.05) is 11.8 Å². The van der Waals surface area contributed by atoms with Gasteiger partial charge < -0.3 is 10.1 Å². The standard InChI is InChI=1S/C13H24N2OS/c1-9(2)12(7-16-3)15-13-14-11-6-4-5-10(11)8-17-13/h9-12H,4-8H2,1-3H3,(H,14,15). The van der Waals surface area contributed by atoms with Gasteiger partial charge in [0.1, 0.15) is 0 Å². The van der Waals surface area contributed by atoms with Crippen molar-refractivity contribution in [1.29, 1.82) is 0 Å². The van der Waals surface area contributed by atoms with Crippen LogP contribution in [0.25, 0.3) is 0 Å². The van der Waals surface area contributed by atoms with Gasteiger partial charge in [-0.1, -0.05) is 32.0 Å². The van der Waals surface area contributed by atoms with E-state index >= 15 is 0 Å². The zero-order valence-electron chi connectivity index (χ0n) is 11.1. The van der Waals surface area contributed by atoms with E-state index in [0.717, 1.165) is 17.7 Å². The van der Waals surface area contributed by atoms with Crippen LogP contribution in [0.5, 0.6) is 0 Å². The minimum Gasteiger partial charge on any atom is -0.383 e. The van der Waals surface area contributed by atoms with Crippen LogP contribution in [0.15, 0.2) is 4.99 Å². The van der Waals surface area contributed by atoms with Crippen molar-refractivity contribution in [3.8, 4) is 0 Å². The van der Waals surface area contributed by atoms with Gasteiger partial charge in [0.25, 0.3) is 0 Å². The lowest BCUT2D eigenvalue weighted by Crippen LogP contribution is -2.42. The van der Waals surface area contributed by atoms with Crippen LogP contribution < -0.4 is 5.32 Å². The summed E-state index contributed by atoms with van der Waals surface area (Å²) in [5.41, 5.74) is 0. The average molecular weight is 256 g/mol. The van der Waals surface area contributed by atoms with Crippen molar-refractivity contribution < 1.29 is 4.74 Å². The van der Waals surface area contributed by atoms with Crippen molar-refractivity contribution >= 4 is 16.9 Å². The van der Waals surface area contributed by atoms with Gasteiger partial charge >= 0.3 is 0 Å². The Balaban J connectivity index is 1.93. The van der Waals surface area contributed by atoms with Crippen LogP contribution in [0, 0.1) is 11.8 Å². The molecule has 1 aliphatic carbocycles. The van der Waals surface area contributed by atoms with Crippen molar-refractivity contribution in [2.24, 2.45) is 16.8 Å². The zero-order chi connectivity index (χ0) is 12.3. The summed E-state index contributed by atoms with van der Waals surface area (Å²) in [6.07, 6.45) is 4.02. The molecule has 0 saturated heterocycles. The van der Waals surface area contributed by atoms with Crippen LogP contribution in [-0.4, -0.2) is 36.7 Å². The number of thioether (sulfide) groups is 1. The minimum atomic E-state index is 0.379. The molecule has 2 rings (SSSR count). The lowest BCUT2D eigenvalue weighted by atomic mass is 10.1. The Labute approximate surface area is 109 Å². The fraction of sp³-hybridized carbons (Fsp3) is 0.923. The first kappa shape index (κ1) is 13.2. The second-order valence-electron chi connectivity index (χ2n) is 5.45. The highest BCUT2D eigenvalue weighted by atomic mass is 32.2. The van der Waals surface area contributed by atoms with Gasteiger partial charge in [-0.05, 0) is 24.7 Å². The van der Waals surface area contributed by atoms with Gasteiger partial charge in [-0.2, -0.15) is 0 Å². The van der Waals surface area contributed by atoms with E-state index in [-0.39, 0.29) is 0 Å². The molecule has 0 amide bonds. The number of methoxy groups -OCH3 is 1. The maximum absolute atomic E-state index is 5.27. The number of hydrogen-bond acceptors (Lipinski definition) is 4. The van der Waals surface area contributed by atoms with E-state index in [0.29, 0.717) is 18.0 Å². The molecule has 0 aromatic heterocycles. The van der Waals surface area contributed by atoms with Crippen LogP contribution >= 0.6 is 11.8 Å². The van der Waals surface area contributed by atoms with Crippen LogP contribution in [0.1, 0.15) is 33.1 Å². The van der Waals surface area contributed by atoms with Gasteiger partial charge in [0.15, 0.2) is 5.17 Å².